The van der Waals surface area contributed by atoms with Crippen LogP contribution < -0.4 is 0 Å². The van der Waals surface area contributed by atoms with E-state index in [1.54, 1.807) is 0 Å². The summed E-state index contributed by atoms with van der Waals surface area (Å²) in [7, 11) is 0. The van der Waals surface area contributed by atoms with Gasteiger partial charge in [0, 0.05) is 10.5 Å². The predicted molar refractivity (Wildman–Crippen MR) is 61.4 cm³/mol. The summed E-state index contributed by atoms with van der Waals surface area (Å²) in [5.74, 6) is -0.546. The van der Waals surface area contributed by atoms with E-state index in [0.29, 0.717) is 6.42 Å². The van der Waals surface area contributed by atoms with E-state index in [4.69, 9.17) is 0 Å². The SMILES string of the molecule is CC(=O)N(F)CCc1ccc(I)cc1. The van der Waals surface area contributed by atoms with Crippen molar-refractivity contribution in [2.45, 2.75) is 13.3 Å². The fourth-order valence-electron chi connectivity index (χ4n) is 1.04. The van der Waals surface area contributed by atoms with Crippen LogP contribution in [0.15, 0.2) is 24.3 Å². The predicted octanol–water partition coefficient (Wildman–Crippen LogP) is 2.57. The summed E-state index contributed by atoms with van der Waals surface area (Å²) >= 11 is 2.21. The summed E-state index contributed by atoms with van der Waals surface area (Å²) in [6.45, 7) is 1.34. The van der Waals surface area contributed by atoms with E-state index in [-0.39, 0.29) is 11.7 Å². The first kappa shape index (κ1) is 11.4. The van der Waals surface area contributed by atoms with Crippen LogP contribution in [0.5, 0.6) is 0 Å². The minimum Gasteiger partial charge on any atom is -0.273 e. The first-order valence-electron chi connectivity index (χ1n) is 4.28. The highest BCUT2D eigenvalue weighted by atomic mass is 127. The van der Waals surface area contributed by atoms with E-state index in [0.717, 1.165) is 9.13 Å². The minimum absolute atomic E-state index is 0.121. The van der Waals surface area contributed by atoms with Crippen molar-refractivity contribution in [3.63, 3.8) is 0 Å². The lowest BCUT2D eigenvalue weighted by molar-refractivity contribution is -0.143. The highest BCUT2D eigenvalue weighted by Gasteiger charge is 2.05. The summed E-state index contributed by atoms with van der Waals surface area (Å²) < 4.78 is 13.9. The maximum Gasteiger partial charge on any atom is 0.247 e. The van der Waals surface area contributed by atoms with E-state index in [1.165, 1.54) is 6.92 Å². The second-order valence-corrected chi connectivity index (χ2v) is 4.23. The molecule has 0 atom stereocenters. The van der Waals surface area contributed by atoms with E-state index in [9.17, 15) is 9.28 Å². The molecular formula is C10H11FINO. The third-order valence-corrected chi connectivity index (χ3v) is 2.57. The Balaban J connectivity index is 2.46. The zero-order chi connectivity index (χ0) is 10.6. The fourth-order valence-corrected chi connectivity index (χ4v) is 1.40. The quantitative estimate of drug-likeness (QED) is 0.621. The fraction of sp³-hybridized carbons (Fsp3) is 0.300. The molecule has 0 unspecified atom stereocenters. The second kappa shape index (κ2) is 5.29. The Bertz CT molecular complexity index is 312. The number of hydrogen-bond acceptors (Lipinski definition) is 1. The van der Waals surface area contributed by atoms with Crippen LogP contribution in [0, 0.1) is 3.57 Å². The van der Waals surface area contributed by atoms with Gasteiger partial charge in [-0.05, 0) is 46.7 Å². The molecule has 0 N–H and O–H groups in total. The Kier molecular flexibility index (Phi) is 4.31. The van der Waals surface area contributed by atoms with Gasteiger partial charge in [0.05, 0.1) is 6.54 Å². The zero-order valence-electron chi connectivity index (χ0n) is 7.84. The maximum atomic E-state index is 12.8. The monoisotopic (exact) mass is 307 g/mol. The van der Waals surface area contributed by atoms with Gasteiger partial charge < -0.3 is 0 Å². The largest absolute Gasteiger partial charge is 0.273 e. The van der Waals surface area contributed by atoms with Crippen LogP contribution in [0.4, 0.5) is 4.48 Å². The Hall–Kier alpha value is -0.650. The highest BCUT2D eigenvalue weighted by Crippen LogP contribution is 2.08. The third-order valence-electron chi connectivity index (χ3n) is 1.85. The van der Waals surface area contributed by atoms with Crippen LogP contribution in [0.2, 0.25) is 0 Å². The summed E-state index contributed by atoms with van der Waals surface area (Å²) in [6.07, 6.45) is 0.549. The number of carbonyl (C=O) groups excluding carboxylic acids is 1. The van der Waals surface area contributed by atoms with Gasteiger partial charge in [-0.1, -0.05) is 16.6 Å². The van der Waals surface area contributed by atoms with Crippen molar-refractivity contribution < 1.29 is 9.28 Å². The van der Waals surface area contributed by atoms with Crippen molar-refractivity contribution in [2.75, 3.05) is 6.54 Å². The number of benzene rings is 1. The normalized spacial score (nSPS) is 9.93. The van der Waals surface area contributed by atoms with Crippen molar-refractivity contribution in [1.29, 1.82) is 0 Å². The smallest absolute Gasteiger partial charge is 0.247 e. The van der Waals surface area contributed by atoms with Gasteiger partial charge in [-0.3, -0.25) is 4.79 Å². The lowest BCUT2D eigenvalue weighted by atomic mass is 10.1. The van der Waals surface area contributed by atoms with Gasteiger partial charge in [0.25, 0.3) is 0 Å². The molecule has 1 amide bonds. The van der Waals surface area contributed by atoms with Gasteiger partial charge in [-0.15, -0.1) is 0 Å². The van der Waals surface area contributed by atoms with Crippen LogP contribution in [-0.4, -0.2) is 17.6 Å². The Morgan fingerprint density at radius 1 is 1.43 bits per heavy atom. The number of amides is 1. The topological polar surface area (TPSA) is 20.3 Å². The van der Waals surface area contributed by atoms with Gasteiger partial charge in [-0.25, -0.2) is 0 Å². The average Bonchev–Trinajstić information content (AvgIpc) is 2.16. The number of halogens is 2. The summed E-state index contributed by atoms with van der Waals surface area (Å²) in [5, 5.41) is 0.234. The molecular weight excluding hydrogens is 296 g/mol. The molecule has 0 aliphatic rings. The Morgan fingerprint density at radius 3 is 2.50 bits per heavy atom. The molecule has 1 aromatic carbocycles. The third kappa shape index (κ3) is 3.61. The van der Waals surface area contributed by atoms with Crippen LogP contribution in [0.1, 0.15) is 12.5 Å². The van der Waals surface area contributed by atoms with Crippen LogP contribution >= 0.6 is 22.6 Å². The molecule has 1 rings (SSSR count). The molecule has 14 heavy (non-hydrogen) atoms. The lowest BCUT2D eigenvalue weighted by Crippen LogP contribution is -2.21. The van der Waals surface area contributed by atoms with Gasteiger partial charge >= 0.3 is 0 Å². The number of rotatable bonds is 3. The molecule has 0 aliphatic heterocycles. The average molecular weight is 307 g/mol. The molecule has 2 nitrogen and oxygen atoms in total. The van der Waals surface area contributed by atoms with Crippen molar-refractivity contribution in [3.05, 3.63) is 33.4 Å². The van der Waals surface area contributed by atoms with Crippen molar-refractivity contribution >= 4 is 28.5 Å². The lowest BCUT2D eigenvalue weighted by Gasteiger charge is -2.08. The van der Waals surface area contributed by atoms with Crippen molar-refractivity contribution in [3.8, 4) is 0 Å². The van der Waals surface area contributed by atoms with Gasteiger partial charge in [-0.2, -0.15) is 5.12 Å². The second-order valence-electron chi connectivity index (χ2n) is 2.98. The zero-order valence-corrected chi connectivity index (χ0v) is 9.99. The van der Waals surface area contributed by atoms with E-state index < -0.39 is 5.91 Å². The van der Waals surface area contributed by atoms with E-state index >= 15 is 0 Å². The molecule has 0 saturated heterocycles. The van der Waals surface area contributed by atoms with Crippen molar-refractivity contribution in [1.82, 2.24) is 5.12 Å². The summed E-state index contributed by atoms with van der Waals surface area (Å²) in [5.41, 5.74) is 1.04. The molecule has 0 aromatic heterocycles. The van der Waals surface area contributed by atoms with E-state index in [2.05, 4.69) is 22.6 Å². The molecule has 0 aliphatic carbocycles. The number of nitrogens with zero attached hydrogens (tertiary/aromatic N) is 1. The minimum atomic E-state index is -0.546. The van der Waals surface area contributed by atoms with Crippen molar-refractivity contribution in [2.24, 2.45) is 0 Å². The maximum absolute atomic E-state index is 12.8. The number of hydrogen-bond donors (Lipinski definition) is 0. The van der Waals surface area contributed by atoms with Gasteiger partial charge in [0.2, 0.25) is 5.91 Å². The molecule has 76 valence electrons. The van der Waals surface area contributed by atoms with Crippen LogP contribution in [-0.2, 0) is 11.2 Å². The standard InChI is InChI=1S/C10H11FINO/c1-8(14)13(11)7-6-9-2-4-10(12)5-3-9/h2-5H,6-7H2,1H3. The Morgan fingerprint density at radius 2 is 2.00 bits per heavy atom. The first-order chi connectivity index (χ1) is 6.59. The molecule has 0 saturated carbocycles. The molecule has 0 radical (unpaired) electrons. The molecule has 0 fully saturated rings. The van der Waals surface area contributed by atoms with E-state index in [1.807, 2.05) is 24.3 Å². The first-order valence-corrected chi connectivity index (χ1v) is 5.36. The molecule has 0 bridgehead atoms. The molecule has 1 aromatic rings. The van der Waals surface area contributed by atoms with Gasteiger partial charge in [0.15, 0.2) is 0 Å². The molecule has 0 heterocycles. The molecule has 4 heteroatoms. The van der Waals surface area contributed by atoms with Gasteiger partial charge in [0.1, 0.15) is 0 Å². The molecule has 0 spiro atoms. The summed E-state index contributed by atoms with van der Waals surface area (Å²) in [4.78, 5) is 10.6. The summed E-state index contributed by atoms with van der Waals surface area (Å²) in [6, 6.07) is 7.81. The van der Waals surface area contributed by atoms with Crippen LogP contribution in [0.25, 0.3) is 0 Å². The highest BCUT2D eigenvalue weighted by molar-refractivity contribution is 14.1. The Labute approximate surface area is 96.2 Å². The van der Waals surface area contributed by atoms with Crippen LogP contribution in [0.3, 0.4) is 0 Å². The number of carbonyl (C=O) groups is 1.